The molecule has 3 heteroatoms. The van der Waals surface area contributed by atoms with Crippen molar-refractivity contribution in [2.75, 3.05) is 12.4 Å². The summed E-state index contributed by atoms with van der Waals surface area (Å²) in [6.07, 6.45) is 0. The third-order valence-corrected chi connectivity index (χ3v) is 4.04. The highest BCUT2D eigenvalue weighted by atomic mass is 79.9. The molecule has 0 saturated heterocycles. The van der Waals surface area contributed by atoms with Crippen LogP contribution in [-0.2, 0) is 0 Å². The molecule has 0 atom stereocenters. The third kappa shape index (κ3) is 1.13. The molecule has 0 amide bonds. The number of fused-ring (bicyclic) bond motifs is 1. The van der Waals surface area contributed by atoms with Gasteiger partial charge < -0.3 is 5.32 Å². The summed E-state index contributed by atoms with van der Waals surface area (Å²) in [5.74, 6) is 0. The molecular formula is C9H8BrNS. The summed E-state index contributed by atoms with van der Waals surface area (Å²) in [4.78, 5) is 0. The van der Waals surface area contributed by atoms with Crippen LogP contribution in [0.25, 0.3) is 10.1 Å². The first-order valence-electron chi connectivity index (χ1n) is 3.67. The molecule has 0 aliphatic heterocycles. The van der Waals surface area contributed by atoms with Crippen LogP contribution in [0.4, 0.5) is 5.00 Å². The van der Waals surface area contributed by atoms with E-state index in [2.05, 4.69) is 45.5 Å². The van der Waals surface area contributed by atoms with Gasteiger partial charge in [0.1, 0.15) is 5.00 Å². The Labute approximate surface area is 83.5 Å². The Morgan fingerprint density at radius 2 is 2.08 bits per heavy atom. The van der Waals surface area contributed by atoms with Gasteiger partial charge in [0.2, 0.25) is 0 Å². The van der Waals surface area contributed by atoms with Crippen LogP contribution in [0.5, 0.6) is 0 Å². The van der Waals surface area contributed by atoms with Gasteiger partial charge in [-0.1, -0.05) is 18.2 Å². The van der Waals surface area contributed by atoms with Crippen molar-refractivity contribution in [3.8, 4) is 0 Å². The number of benzene rings is 1. The number of hydrogen-bond donors (Lipinski definition) is 1. The lowest BCUT2D eigenvalue weighted by atomic mass is 10.3. The van der Waals surface area contributed by atoms with Gasteiger partial charge in [0.25, 0.3) is 0 Å². The monoisotopic (exact) mass is 241 g/mol. The van der Waals surface area contributed by atoms with Crippen molar-refractivity contribution in [2.45, 2.75) is 0 Å². The van der Waals surface area contributed by atoms with E-state index < -0.39 is 0 Å². The van der Waals surface area contributed by atoms with Crippen molar-refractivity contribution < 1.29 is 0 Å². The van der Waals surface area contributed by atoms with E-state index in [0.717, 1.165) is 0 Å². The average molecular weight is 242 g/mol. The number of halogens is 1. The number of nitrogens with one attached hydrogen (secondary N) is 1. The van der Waals surface area contributed by atoms with E-state index in [9.17, 15) is 0 Å². The van der Waals surface area contributed by atoms with Gasteiger partial charge in [-0.3, -0.25) is 0 Å². The molecule has 0 saturated carbocycles. The molecular weight excluding hydrogens is 234 g/mol. The first-order valence-corrected chi connectivity index (χ1v) is 5.28. The third-order valence-electron chi connectivity index (χ3n) is 1.76. The van der Waals surface area contributed by atoms with E-state index in [1.165, 1.54) is 19.6 Å². The van der Waals surface area contributed by atoms with Crippen molar-refractivity contribution in [3.63, 3.8) is 0 Å². The van der Waals surface area contributed by atoms with Gasteiger partial charge in [-0.15, -0.1) is 11.3 Å². The van der Waals surface area contributed by atoms with Crippen LogP contribution in [0.1, 0.15) is 0 Å². The summed E-state index contributed by atoms with van der Waals surface area (Å²) >= 11 is 5.33. The minimum absolute atomic E-state index is 1.17. The lowest BCUT2D eigenvalue weighted by Crippen LogP contribution is -1.82. The van der Waals surface area contributed by atoms with Gasteiger partial charge in [-0.2, -0.15) is 0 Å². The van der Waals surface area contributed by atoms with Crippen molar-refractivity contribution >= 4 is 42.4 Å². The maximum atomic E-state index is 3.56. The normalized spacial score (nSPS) is 10.5. The molecule has 0 radical (unpaired) electrons. The van der Waals surface area contributed by atoms with E-state index in [-0.39, 0.29) is 0 Å². The van der Waals surface area contributed by atoms with Gasteiger partial charge in [-0.05, 0) is 22.0 Å². The highest BCUT2D eigenvalue weighted by molar-refractivity contribution is 9.10. The Balaban J connectivity index is 2.78. The Hall–Kier alpha value is -0.540. The summed E-state index contributed by atoms with van der Waals surface area (Å²) in [6, 6.07) is 8.37. The zero-order chi connectivity index (χ0) is 8.55. The second kappa shape index (κ2) is 3.07. The van der Waals surface area contributed by atoms with Gasteiger partial charge >= 0.3 is 0 Å². The highest BCUT2D eigenvalue weighted by Crippen LogP contribution is 2.38. The first kappa shape index (κ1) is 8.08. The van der Waals surface area contributed by atoms with E-state index in [0.29, 0.717) is 0 Å². The van der Waals surface area contributed by atoms with Crippen molar-refractivity contribution in [1.82, 2.24) is 0 Å². The maximum absolute atomic E-state index is 3.56. The number of anilines is 1. The lowest BCUT2D eigenvalue weighted by Gasteiger charge is -1.92. The summed E-state index contributed by atoms with van der Waals surface area (Å²) in [5, 5.41) is 5.63. The molecule has 1 aromatic heterocycles. The highest BCUT2D eigenvalue weighted by Gasteiger charge is 2.06. The standard InChI is InChI=1S/C9H8BrNS/c1-11-9-8(10)6-4-2-3-5-7(6)12-9/h2-5,11H,1H3. The second-order valence-corrected chi connectivity index (χ2v) is 4.34. The van der Waals surface area contributed by atoms with E-state index in [1.54, 1.807) is 11.3 Å². The maximum Gasteiger partial charge on any atom is 0.104 e. The zero-order valence-corrected chi connectivity index (χ0v) is 9.00. The van der Waals surface area contributed by atoms with Crippen LogP contribution >= 0.6 is 27.3 Å². The van der Waals surface area contributed by atoms with E-state index >= 15 is 0 Å². The van der Waals surface area contributed by atoms with Crippen LogP contribution in [0.15, 0.2) is 28.7 Å². The van der Waals surface area contributed by atoms with E-state index in [4.69, 9.17) is 0 Å². The number of rotatable bonds is 1. The van der Waals surface area contributed by atoms with Gasteiger partial charge in [0.15, 0.2) is 0 Å². The molecule has 2 rings (SSSR count). The lowest BCUT2D eigenvalue weighted by molar-refractivity contribution is 1.58. The fourth-order valence-electron chi connectivity index (χ4n) is 1.17. The molecule has 1 heterocycles. The van der Waals surface area contributed by atoms with Crippen molar-refractivity contribution in [3.05, 3.63) is 28.7 Å². The molecule has 1 aromatic carbocycles. The molecule has 0 spiro atoms. The van der Waals surface area contributed by atoms with Crippen LogP contribution in [0.2, 0.25) is 0 Å². The largest absolute Gasteiger partial charge is 0.379 e. The summed E-state index contributed by atoms with van der Waals surface area (Å²) in [7, 11) is 1.94. The van der Waals surface area contributed by atoms with E-state index in [1.807, 2.05) is 7.05 Å². The zero-order valence-electron chi connectivity index (χ0n) is 6.60. The number of hydrogen-bond acceptors (Lipinski definition) is 2. The Bertz CT molecular complexity index is 408. The average Bonchev–Trinajstić information content (AvgIpc) is 2.44. The molecule has 0 fully saturated rings. The second-order valence-electron chi connectivity index (χ2n) is 2.49. The Morgan fingerprint density at radius 1 is 1.33 bits per heavy atom. The minimum atomic E-state index is 1.17. The topological polar surface area (TPSA) is 12.0 Å². The minimum Gasteiger partial charge on any atom is -0.379 e. The molecule has 62 valence electrons. The molecule has 0 aliphatic carbocycles. The predicted molar refractivity (Wildman–Crippen MR) is 59.1 cm³/mol. The molecule has 1 N–H and O–H groups in total. The Morgan fingerprint density at radius 3 is 2.75 bits per heavy atom. The quantitative estimate of drug-likeness (QED) is 0.803. The summed E-state index contributed by atoms with van der Waals surface area (Å²) in [6.45, 7) is 0. The van der Waals surface area contributed by atoms with Gasteiger partial charge in [0, 0.05) is 17.1 Å². The summed E-state index contributed by atoms with van der Waals surface area (Å²) in [5.41, 5.74) is 0. The fraction of sp³-hybridized carbons (Fsp3) is 0.111. The van der Waals surface area contributed by atoms with Gasteiger partial charge in [0.05, 0.1) is 4.47 Å². The molecule has 0 bridgehead atoms. The van der Waals surface area contributed by atoms with Gasteiger partial charge in [-0.25, -0.2) is 0 Å². The molecule has 0 aliphatic rings. The van der Waals surface area contributed by atoms with Crippen LogP contribution < -0.4 is 5.32 Å². The molecule has 12 heavy (non-hydrogen) atoms. The SMILES string of the molecule is CNc1sc2ccccc2c1Br. The summed E-state index contributed by atoms with van der Waals surface area (Å²) < 4.78 is 2.49. The van der Waals surface area contributed by atoms with Crippen LogP contribution in [0, 0.1) is 0 Å². The fourth-order valence-corrected chi connectivity index (χ4v) is 3.04. The van der Waals surface area contributed by atoms with Crippen molar-refractivity contribution in [1.29, 1.82) is 0 Å². The molecule has 0 unspecified atom stereocenters. The number of thiophene rings is 1. The smallest absolute Gasteiger partial charge is 0.104 e. The first-order chi connectivity index (χ1) is 5.83. The van der Waals surface area contributed by atoms with Crippen LogP contribution in [0.3, 0.4) is 0 Å². The van der Waals surface area contributed by atoms with Crippen LogP contribution in [-0.4, -0.2) is 7.05 Å². The van der Waals surface area contributed by atoms with Crippen molar-refractivity contribution in [2.24, 2.45) is 0 Å². The molecule has 1 nitrogen and oxygen atoms in total. The molecule has 2 aromatic rings. The predicted octanol–water partition coefficient (Wildman–Crippen LogP) is 3.71. The Kier molecular flexibility index (Phi) is 2.07.